The largest absolute Gasteiger partial charge is 0.493 e. The molecule has 0 saturated heterocycles. The van der Waals surface area contributed by atoms with Crippen LogP contribution in [0.2, 0.25) is 0 Å². The van der Waals surface area contributed by atoms with E-state index in [-0.39, 0.29) is 11.2 Å². The standard InChI is InChI=1S/C20H23N5OS/c1-14-8-10-17(11-9-14)26-12-13-27-15(2)18-23-19(21)25-20(24-18)22-16-6-4-3-5-7-16/h3-11,15H,12-13H2,1-2H3,(H3,21,22,23,24,25). The predicted molar refractivity (Wildman–Crippen MR) is 112 cm³/mol. The van der Waals surface area contributed by atoms with Gasteiger partial charge in [0.25, 0.3) is 0 Å². The Hall–Kier alpha value is -2.80. The smallest absolute Gasteiger partial charge is 0.232 e. The molecule has 0 fully saturated rings. The number of hydrogen-bond donors (Lipinski definition) is 2. The average molecular weight is 382 g/mol. The van der Waals surface area contributed by atoms with Gasteiger partial charge in [-0.2, -0.15) is 15.0 Å². The number of nitrogens with zero attached hydrogens (tertiary/aromatic N) is 3. The van der Waals surface area contributed by atoms with E-state index in [2.05, 4.69) is 34.1 Å². The molecule has 27 heavy (non-hydrogen) atoms. The van der Waals surface area contributed by atoms with Crippen molar-refractivity contribution in [1.82, 2.24) is 15.0 Å². The number of rotatable bonds is 8. The summed E-state index contributed by atoms with van der Waals surface area (Å²) in [5.41, 5.74) is 7.98. The summed E-state index contributed by atoms with van der Waals surface area (Å²) in [6, 6.07) is 17.8. The number of nitrogen functional groups attached to an aromatic ring is 1. The summed E-state index contributed by atoms with van der Waals surface area (Å²) in [6.45, 7) is 4.73. The number of ether oxygens (including phenoxy) is 1. The second-order valence-corrected chi connectivity index (χ2v) is 7.49. The minimum atomic E-state index is 0.0771. The molecule has 0 bridgehead atoms. The lowest BCUT2D eigenvalue weighted by atomic mass is 10.2. The molecule has 0 aliphatic carbocycles. The van der Waals surface area contributed by atoms with Crippen LogP contribution in [0, 0.1) is 6.92 Å². The van der Waals surface area contributed by atoms with Gasteiger partial charge in [0.1, 0.15) is 11.6 Å². The number of nitrogens with two attached hydrogens (primary N) is 1. The summed E-state index contributed by atoms with van der Waals surface area (Å²) in [4.78, 5) is 12.9. The molecule has 6 nitrogen and oxygen atoms in total. The number of hydrogen-bond acceptors (Lipinski definition) is 7. The minimum absolute atomic E-state index is 0.0771. The summed E-state index contributed by atoms with van der Waals surface area (Å²) in [5.74, 6) is 3.02. The first kappa shape index (κ1) is 19.0. The Kier molecular flexibility index (Phi) is 6.49. The van der Waals surface area contributed by atoms with Crippen LogP contribution >= 0.6 is 11.8 Å². The van der Waals surface area contributed by atoms with Crippen molar-refractivity contribution in [2.24, 2.45) is 0 Å². The molecule has 1 aromatic heterocycles. The first-order valence-electron chi connectivity index (χ1n) is 8.75. The molecule has 140 valence electrons. The summed E-state index contributed by atoms with van der Waals surface area (Å²) >= 11 is 1.71. The molecule has 0 spiro atoms. The molecule has 3 aromatic rings. The third-order valence-electron chi connectivity index (χ3n) is 3.80. The Morgan fingerprint density at radius 1 is 1.04 bits per heavy atom. The Morgan fingerprint density at radius 3 is 2.52 bits per heavy atom. The maximum atomic E-state index is 5.86. The van der Waals surface area contributed by atoms with E-state index < -0.39 is 0 Å². The van der Waals surface area contributed by atoms with Crippen molar-refractivity contribution in [1.29, 1.82) is 0 Å². The fourth-order valence-corrected chi connectivity index (χ4v) is 3.18. The number of aromatic nitrogens is 3. The lowest BCUT2D eigenvalue weighted by molar-refractivity contribution is 0.343. The monoisotopic (exact) mass is 381 g/mol. The molecule has 1 heterocycles. The Morgan fingerprint density at radius 2 is 1.78 bits per heavy atom. The highest BCUT2D eigenvalue weighted by molar-refractivity contribution is 7.99. The number of benzene rings is 2. The summed E-state index contributed by atoms with van der Waals surface area (Å²) < 4.78 is 5.76. The van der Waals surface area contributed by atoms with Gasteiger partial charge in [-0.15, -0.1) is 11.8 Å². The predicted octanol–water partition coefficient (Wildman–Crippen LogP) is 4.38. The Labute approximate surface area is 163 Å². The fraction of sp³-hybridized carbons (Fsp3) is 0.250. The fourth-order valence-electron chi connectivity index (χ4n) is 2.39. The van der Waals surface area contributed by atoms with E-state index in [1.54, 1.807) is 11.8 Å². The lowest BCUT2D eigenvalue weighted by Gasteiger charge is -2.13. The SMILES string of the molecule is Cc1ccc(OCCSC(C)c2nc(N)nc(Nc3ccccc3)n2)cc1. The molecular formula is C20H23N5OS. The quantitative estimate of drug-likeness (QED) is 0.560. The van der Waals surface area contributed by atoms with Crippen molar-refractivity contribution in [2.75, 3.05) is 23.4 Å². The molecule has 0 saturated carbocycles. The van der Waals surface area contributed by atoms with Crippen molar-refractivity contribution >= 4 is 29.3 Å². The number of thioether (sulfide) groups is 1. The first-order chi connectivity index (χ1) is 13.1. The van der Waals surface area contributed by atoms with E-state index in [1.807, 2.05) is 54.6 Å². The second kappa shape index (κ2) is 9.23. The minimum Gasteiger partial charge on any atom is -0.493 e. The van der Waals surface area contributed by atoms with E-state index in [1.165, 1.54) is 5.56 Å². The van der Waals surface area contributed by atoms with Crippen molar-refractivity contribution in [3.63, 3.8) is 0 Å². The molecule has 3 N–H and O–H groups in total. The van der Waals surface area contributed by atoms with E-state index in [0.717, 1.165) is 17.2 Å². The van der Waals surface area contributed by atoms with E-state index in [0.29, 0.717) is 18.4 Å². The van der Waals surface area contributed by atoms with Gasteiger partial charge in [-0.25, -0.2) is 0 Å². The van der Waals surface area contributed by atoms with Crippen molar-refractivity contribution in [3.8, 4) is 5.75 Å². The van der Waals surface area contributed by atoms with Crippen LogP contribution in [-0.2, 0) is 0 Å². The van der Waals surface area contributed by atoms with Gasteiger partial charge in [-0.05, 0) is 38.1 Å². The molecular weight excluding hydrogens is 358 g/mol. The number of aryl methyl sites for hydroxylation is 1. The summed E-state index contributed by atoms with van der Waals surface area (Å²) in [5, 5.41) is 3.23. The molecule has 0 amide bonds. The van der Waals surface area contributed by atoms with Gasteiger partial charge < -0.3 is 15.8 Å². The Balaban J connectivity index is 1.54. The zero-order valence-electron chi connectivity index (χ0n) is 15.4. The molecule has 1 atom stereocenters. The molecule has 0 radical (unpaired) electrons. The number of nitrogens with one attached hydrogen (secondary N) is 1. The van der Waals surface area contributed by atoms with E-state index in [9.17, 15) is 0 Å². The van der Waals surface area contributed by atoms with Crippen LogP contribution in [-0.4, -0.2) is 27.3 Å². The highest BCUT2D eigenvalue weighted by atomic mass is 32.2. The van der Waals surface area contributed by atoms with Crippen LogP contribution < -0.4 is 15.8 Å². The van der Waals surface area contributed by atoms with Crippen LogP contribution in [0.3, 0.4) is 0 Å². The second-order valence-electron chi connectivity index (χ2n) is 6.04. The Bertz CT molecular complexity index is 858. The maximum absolute atomic E-state index is 5.86. The summed E-state index contributed by atoms with van der Waals surface area (Å²) in [7, 11) is 0. The van der Waals surface area contributed by atoms with Gasteiger partial charge in [0.2, 0.25) is 11.9 Å². The van der Waals surface area contributed by atoms with Gasteiger partial charge >= 0.3 is 0 Å². The zero-order valence-corrected chi connectivity index (χ0v) is 16.2. The molecule has 2 aromatic carbocycles. The third kappa shape index (κ3) is 5.86. The van der Waals surface area contributed by atoms with Crippen LogP contribution in [0.4, 0.5) is 17.6 Å². The topological polar surface area (TPSA) is 86.0 Å². The van der Waals surface area contributed by atoms with Crippen molar-refractivity contribution < 1.29 is 4.74 Å². The lowest BCUT2D eigenvalue weighted by Crippen LogP contribution is -2.09. The van der Waals surface area contributed by atoms with Crippen LogP contribution in [0.15, 0.2) is 54.6 Å². The van der Waals surface area contributed by atoms with Crippen LogP contribution in [0.1, 0.15) is 23.6 Å². The molecule has 3 rings (SSSR count). The van der Waals surface area contributed by atoms with Crippen molar-refractivity contribution in [2.45, 2.75) is 19.1 Å². The average Bonchev–Trinajstić information content (AvgIpc) is 2.67. The van der Waals surface area contributed by atoms with E-state index >= 15 is 0 Å². The molecule has 0 aliphatic rings. The van der Waals surface area contributed by atoms with Gasteiger partial charge in [0, 0.05) is 11.4 Å². The van der Waals surface area contributed by atoms with Crippen LogP contribution in [0.25, 0.3) is 0 Å². The number of para-hydroxylation sites is 1. The van der Waals surface area contributed by atoms with Gasteiger partial charge in [0.05, 0.1) is 11.9 Å². The van der Waals surface area contributed by atoms with Gasteiger partial charge in [0.15, 0.2) is 0 Å². The molecule has 1 unspecified atom stereocenters. The maximum Gasteiger partial charge on any atom is 0.232 e. The molecule has 7 heteroatoms. The zero-order chi connectivity index (χ0) is 19.1. The van der Waals surface area contributed by atoms with Gasteiger partial charge in [-0.3, -0.25) is 0 Å². The highest BCUT2D eigenvalue weighted by Crippen LogP contribution is 2.27. The third-order valence-corrected chi connectivity index (χ3v) is 4.92. The first-order valence-corrected chi connectivity index (χ1v) is 9.79. The normalized spacial score (nSPS) is 11.8. The number of anilines is 3. The van der Waals surface area contributed by atoms with E-state index in [4.69, 9.17) is 10.5 Å². The van der Waals surface area contributed by atoms with Crippen molar-refractivity contribution in [3.05, 3.63) is 66.0 Å². The van der Waals surface area contributed by atoms with Crippen LogP contribution in [0.5, 0.6) is 5.75 Å². The summed E-state index contributed by atoms with van der Waals surface area (Å²) in [6.07, 6.45) is 0. The molecule has 0 aliphatic heterocycles. The highest BCUT2D eigenvalue weighted by Gasteiger charge is 2.13. The van der Waals surface area contributed by atoms with Gasteiger partial charge in [-0.1, -0.05) is 35.9 Å².